The van der Waals surface area contributed by atoms with Crippen molar-refractivity contribution >= 4 is 11.6 Å². The highest BCUT2D eigenvalue weighted by Gasteiger charge is 2.30. The molecule has 1 aromatic rings. The van der Waals surface area contributed by atoms with Crippen LogP contribution in [0.3, 0.4) is 0 Å². The summed E-state index contributed by atoms with van der Waals surface area (Å²) in [5, 5.41) is 11.4. The first kappa shape index (κ1) is 13.3. The van der Waals surface area contributed by atoms with Gasteiger partial charge in [-0.15, -0.1) is 0 Å². The monoisotopic (exact) mass is 272 g/mol. The van der Waals surface area contributed by atoms with Crippen molar-refractivity contribution < 1.29 is 23.3 Å². The summed E-state index contributed by atoms with van der Waals surface area (Å²) in [5.41, 5.74) is -1.90. The van der Waals surface area contributed by atoms with Crippen LogP contribution >= 0.6 is 0 Å². The zero-order chi connectivity index (χ0) is 14.0. The predicted octanol–water partition coefficient (Wildman–Crippen LogP) is 2.04. The van der Waals surface area contributed by atoms with Crippen LogP contribution in [0.15, 0.2) is 12.1 Å². The van der Waals surface area contributed by atoms with Crippen LogP contribution in [0.2, 0.25) is 0 Å². The maximum absolute atomic E-state index is 13.8. The lowest BCUT2D eigenvalue weighted by Crippen LogP contribution is -2.36. The van der Waals surface area contributed by atoms with Crippen LogP contribution in [0.5, 0.6) is 0 Å². The number of rotatable bonds is 2. The van der Waals surface area contributed by atoms with E-state index < -0.39 is 33.7 Å². The van der Waals surface area contributed by atoms with Gasteiger partial charge in [-0.05, 0) is 18.9 Å². The Bertz CT molecular complexity index is 530. The zero-order valence-electron chi connectivity index (χ0n) is 9.77. The van der Waals surface area contributed by atoms with Crippen molar-refractivity contribution in [2.75, 3.05) is 13.2 Å². The number of nitrogens with zero attached hydrogens (tertiary/aromatic N) is 2. The highest BCUT2D eigenvalue weighted by Crippen LogP contribution is 2.25. The maximum atomic E-state index is 13.8. The molecule has 0 unspecified atom stereocenters. The Balaban J connectivity index is 2.40. The van der Waals surface area contributed by atoms with Gasteiger partial charge >= 0.3 is 5.69 Å². The number of carbonyl (C=O) groups is 1. The van der Waals surface area contributed by atoms with Gasteiger partial charge in [0.25, 0.3) is 5.91 Å². The Kier molecular flexibility index (Phi) is 3.70. The molecule has 0 N–H and O–H groups in total. The largest absolute Gasteiger partial charge is 0.305 e. The number of hydroxylamine groups is 2. The lowest BCUT2D eigenvalue weighted by molar-refractivity contribution is -0.387. The van der Waals surface area contributed by atoms with Gasteiger partial charge in [-0.1, -0.05) is 0 Å². The van der Waals surface area contributed by atoms with Crippen molar-refractivity contribution in [2.45, 2.75) is 12.8 Å². The van der Waals surface area contributed by atoms with Crippen LogP contribution in [0.25, 0.3) is 0 Å². The van der Waals surface area contributed by atoms with E-state index in [1.807, 2.05) is 0 Å². The van der Waals surface area contributed by atoms with Gasteiger partial charge in [0.05, 0.1) is 11.5 Å². The number of carbonyl (C=O) groups excluding carboxylic acids is 1. The van der Waals surface area contributed by atoms with Crippen molar-refractivity contribution in [3.8, 4) is 0 Å². The number of halogens is 2. The smallest absolute Gasteiger partial charge is 0.271 e. The fourth-order valence-corrected chi connectivity index (χ4v) is 1.76. The minimum absolute atomic E-state index is 0.195. The van der Waals surface area contributed by atoms with E-state index in [0.29, 0.717) is 18.6 Å². The molecule has 1 heterocycles. The molecular weight excluding hydrogens is 262 g/mol. The van der Waals surface area contributed by atoms with Gasteiger partial charge in [0, 0.05) is 12.6 Å². The second-order valence-corrected chi connectivity index (χ2v) is 3.96. The van der Waals surface area contributed by atoms with E-state index in [2.05, 4.69) is 0 Å². The Morgan fingerprint density at radius 3 is 2.68 bits per heavy atom. The minimum Gasteiger partial charge on any atom is -0.271 e. The quantitative estimate of drug-likeness (QED) is 0.610. The molecule has 1 aliphatic rings. The Labute approximate surface area is 106 Å². The number of hydrogen-bond donors (Lipinski definition) is 0. The summed E-state index contributed by atoms with van der Waals surface area (Å²) in [7, 11) is 0. The number of benzene rings is 1. The van der Waals surface area contributed by atoms with E-state index in [0.717, 1.165) is 11.5 Å². The third-order valence-electron chi connectivity index (χ3n) is 2.71. The van der Waals surface area contributed by atoms with E-state index in [-0.39, 0.29) is 13.2 Å². The lowest BCUT2D eigenvalue weighted by Gasteiger charge is -2.25. The van der Waals surface area contributed by atoms with E-state index in [1.165, 1.54) is 0 Å². The minimum atomic E-state index is -1.48. The molecule has 1 amide bonds. The van der Waals surface area contributed by atoms with Crippen LogP contribution in [0, 0.1) is 21.7 Å². The molecule has 0 atom stereocenters. The molecule has 0 aromatic heterocycles. The predicted molar refractivity (Wildman–Crippen MR) is 59.2 cm³/mol. The first-order valence-corrected chi connectivity index (χ1v) is 5.59. The van der Waals surface area contributed by atoms with E-state index in [4.69, 9.17) is 4.84 Å². The van der Waals surface area contributed by atoms with Crippen LogP contribution in [-0.2, 0) is 4.84 Å². The van der Waals surface area contributed by atoms with E-state index in [9.17, 15) is 23.7 Å². The average Bonchev–Trinajstić information content (AvgIpc) is 2.39. The van der Waals surface area contributed by atoms with Gasteiger partial charge in [0.2, 0.25) is 5.82 Å². The molecule has 1 saturated heterocycles. The van der Waals surface area contributed by atoms with Gasteiger partial charge < -0.3 is 0 Å². The molecule has 0 aliphatic carbocycles. The van der Waals surface area contributed by atoms with Gasteiger partial charge in [-0.25, -0.2) is 9.45 Å². The molecule has 6 nitrogen and oxygen atoms in total. The number of amides is 1. The molecule has 1 aromatic carbocycles. The van der Waals surface area contributed by atoms with Gasteiger partial charge in [0.15, 0.2) is 0 Å². The van der Waals surface area contributed by atoms with Crippen LogP contribution in [0.1, 0.15) is 23.2 Å². The number of nitro groups is 1. The zero-order valence-corrected chi connectivity index (χ0v) is 9.77. The highest BCUT2D eigenvalue weighted by molar-refractivity contribution is 5.94. The first-order valence-electron chi connectivity index (χ1n) is 5.59. The summed E-state index contributed by atoms with van der Waals surface area (Å²) in [6.07, 6.45) is 1.38. The van der Waals surface area contributed by atoms with Crippen molar-refractivity contribution in [3.63, 3.8) is 0 Å². The molecule has 19 heavy (non-hydrogen) atoms. The maximum Gasteiger partial charge on any atom is 0.305 e. The molecule has 0 radical (unpaired) electrons. The molecule has 0 saturated carbocycles. The van der Waals surface area contributed by atoms with Gasteiger partial charge in [-0.3, -0.25) is 19.7 Å². The lowest BCUT2D eigenvalue weighted by atomic mass is 10.1. The summed E-state index contributed by atoms with van der Waals surface area (Å²) < 4.78 is 27.3. The summed E-state index contributed by atoms with van der Waals surface area (Å²) in [4.78, 5) is 26.5. The molecule has 0 spiro atoms. The third-order valence-corrected chi connectivity index (χ3v) is 2.71. The first-order chi connectivity index (χ1) is 9.02. The fourth-order valence-electron chi connectivity index (χ4n) is 1.76. The summed E-state index contributed by atoms with van der Waals surface area (Å²) in [6.45, 7) is 0.463. The van der Waals surface area contributed by atoms with Crippen molar-refractivity contribution in [2.24, 2.45) is 0 Å². The summed E-state index contributed by atoms with van der Waals surface area (Å²) >= 11 is 0. The highest BCUT2D eigenvalue weighted by atomic mass is 19.1. The van der Waals surface area contributed by atoms with Crippen molar-refractivity contribution in [3.05, 3.63) is 39.4 Å². The van der Waals surface area contributed by atoms with E-state index >= 15 is 0 Å². The molecule has 2 rings (SSSR count). The molecule has 8 heteroatoms. The van der Waals surface area contributed by atoms with Crippen molar-refractivity contribution in [1.82, 2.24) is 5.06 Å². The second kappa shape index (κ2) is 5.27. The number of nitro benzene ring substituents is 1. The Morgan fingerprint density at radius 2 is 2.11 bits per heavy atom. The Hall–Kier alpha value is -2.09. The van der Waals surface area contributed by atoms with Crippen molar-refractivity contribution in [1.29, 1.82) is 0 Å². The molecule has 0 bridgehead atoms. The normalized spacial score (nSPS) is 15.4. The van der Waals surface area contributed by atoms with Crippen LogP contribution in [-0.4, -0.2) is 29.0 Å². The van der Waals surface area contributed by atoms with Gasteiger partial charge in [0.1, 0.15) is 11.4 Å². The van der Waals surface area contributed by atoms with Gasteiger partial charge in [-0.2, -0.15) is 4.39 Å². The number of hydrogen-bond acceptors (Lipinski definition) is 4. The Morgan fingerprint density at radius 1 is 1.37 bits per heavy atom. The van der Waals surface area contributed by atoms with Crippen LogP contribution < -0.4 is 0 Å². The average molecular weight is 272 g/mol. The molecule has 1 fully saturated rings. The third kappa shape index (κ3) is 2.53. The van der Waals surface area contributed by atoms with Crippen LogP contribution in [0.4, 0.5) is 14.5 Å². The topological polar surface area (TPSA) is 72.7 Å². The summed E-state index contributed by atoms with van der Waals surface area (Å²) in [6, 6.07) is 1.37. The standard InChI is InChI=1S/C11H10F2N2O4/c12-7-3-4-8(15(17)18)10(13)9(7)11(16)14-5-1-2-6-19-14/h3-4H,1-2,5-6H2. The molecule has 1 aliphatic heterocycles. The molecular formula is C11H10F2N2O4. The second-order valence-electron chi connectivity index (χ2n) is 3.96. The SMILES string of the molecule is O=C(c1c(F)ccc([N+](=O)[O-])c1F)N1CCCCO1. The molecule has 102 valence electrons. The van der Waals surface area contributed by atoms with E-state index in [1.54, 1.807) is 0 Å². The summed E-state index contributed by atoms with van der Waals surface area (Å²) in [5.74, 6) is -3.68. The fraction of sp³-hybridized carbons (Fsp3) is 0.364.